The van der Waals surface area contributed by atoms with E-state index in [0.717, 1.165) is 5.75 Å². The maximum atomic E-state index is 5.59. The smallest absolute Gasteiger partial charge is 0.163 e. The van der Waals surface area contributed by atoms with E-state index in [0.29, 0.717) is 18.3 Å². The Bertz CT molecular complexity index is 528. The molecule has 17 heavy (non-hydrogen) atoms. The summed E-state index contributed by atoms with van der Waals surface area (Å²) in [5, 5.41) is 5.52. The Kier molecular flexibility index (Phi) is 3.77. The molecule has 0 atom stereocenters. The minimum atomic E-state index is 0.298. The van der Waals surface area contributed by atoms with Gasteiger partial charge in [-0.3, -0.25) is 0 Å². The highest BCUT2D eigenvalue weighted by atomic mass is 32.1. The normalized spacial score (nSPS) is 10.1. The largest absolute Gasteiger partial charge is 0.492 e. The lowest BCUT2D eigenvalue weighted by Gasteiger charge is -2.08. The van der Waals surface area contributed by atoms with Crippen LogP contribution in [0.5, 0.6) is 5.75 Å². The summed E-state index contributed by atoms with van der Waals surface area (Å²) in [6.45, 7) is 1.15. The monoisotopic (exact) mass is 246 g/mol. The quantitative estimate of drug-likeness (QED) is 0.640. The summed E-state index contributed by atoms with van der Waals surface area (Å²) in [6.07, 6.45) is 0. The summed E-state index contributed by atoms with van der Waals surface area (Å²) in [5.41, 5.74) is 5.31. The average molecular weight is 246 g/mol. The maximum absolute atomic E-state index is 5.59. The van der Waals surface area contributed by atoms with E-state index in [-0.39, 0.29) is 0 Å². The van der Waals surface area contributed by atoms with Crippen LogP contribution in [0.3, 0.4) is 0 Å². The van der Waals surface area contributed by atoms with E-state index in [4.69, 9.17) is 22.7 Å². The number of thiocarbonyl (C=S) groups is 1. The fourth-order valence-corrected chi connectivity index (χ4v) is 1.70. The molecule has 0 bridgehead atoms. The Morgan fingerprint density at radius 1 is 1.18 bits per heavy atom. The lowest BCUT2D eigenvalue weighted by Crippen LogP contribution is -2.32. The number of rotatable bonds is 4. The molecule has 2 rings (SSSR count). The summed E-state index contributed by atoms with van der Waals surface area (Å²) in [5.74, 6) is 0.855. The first-order valence-corrected chi connectivity index (χ1v) is 5.81. The van der Waals surface area contributed by atoms with Gasteiger partial charge in [0.2, 0.25) is 0 Å². The molecule has 0 unspecified atom stereocenters. The Morgan fingerprint density at radius 2 is 1.94 bits per heavy atom. The molecule has 0 radical (unpaired) electrons. The topological polar surface area (TPSA) is 47.3 Å². The maximum Gasteiger partial charge on any atom is 0.163 e. The van der Waals surface area contributed by atoms with Crippen LogP contribution in [0.2, 0.25) is 0 Å². The summed E-state index contributed by atoms with van der Waals surface area (Å²) in [6, 6.07) is 14.2. The van der Waals surface area contributed by atoms with Gasteiger partial charge in [-0.25, -0.2) is 0 Å². The van der Waals surface area contributed by atoms with Gasteiger partial charge in [0.15, 0.2) is 5.11 Å². The first-order valence-electron chi connectivity index (χ1n) is 5.40. The van der Waals surface area contributed by atoms with Crippen molar-refractivity contribution in [3.05, 3.63) is 42.5 Å². The minimum Gasteiger partial charge on any atom is -0.492 e. The van der Waals surface area contributed by atoms with Crippen LogP contribution in [0, 0.1) is 0 Å². The SMILES string of the molecule is NC(=S)NCCOc1ccc2ccccc2c1. The van der Waals surface area contributed by atoms with Crippen molar-refractivity contribution < 1.29 is 4.74 Å². The van der Waals surface area contributed by atoms with Crippen LogP contribution in [-0.4, -0.2) is 18.3 Å². The molecule has 0 heterocycles. The predicted octanol–water partition coefficient (Wildman–Crippen LogP) is 2.05. The molecule has 3 nitrogen and oxygen atoms in total. The van der Waals surface area contributed by atoms with Crippen LogP contribution in [0.1, 0.15) is 0 Å². The number of fused-ring (bicyclic) bond motifs is 1. The van der Waals surface area contributed by atoms with E-state index in [9.17, 15) is 0 Å². The standard InChI is InChI=1S/C13H14N2OS/c14-13(17)15-7-8-16-12-6-5-10-3-1-2-4-11(10)9-12/h1-6,9H,7-8H2,(H3,14,15,17). The van der Waals surface area contributed by atoms with Crippen LogP contribution >= 0.6 is 12.2 Å². The Hall–Kier alpha value is -1.81. The zero-order chi connectivity index (χ0) is 12.1. The number of nitrogens with two attached hydrogens (primary N) is 1. The van der Waals surface area contributed by atoms with Crippen molar-refractivity contribution in [1.82, 2.24) is 5.32 Å². The molecule has 0 saturated heterocycles. The van der Waals surface area contributed by atoms with Gasteiger partial charge in [-0.05, 0) is 35.1 Å². The molecule has 0 aliphatic carbocycles. The highest BCUT2D eigenvalue weighted by Crippen LogP contribution is 2.20. The van der Waals surface area contributed by atoms with Crippen molar-refractivity contribution in [2.75, 3.05) is 13.2 Å². The van der Waals surface area contributed by atoms with Crippen LogP contribution in [-0.2, 0) is 0 Å². The minimum absolute atomic E-state index is 0.298. The van der Waals surface area contributed by atoms with E-state index >= 15 is 0 Å². The van der Waals surface area contributed by atoms with Gasteiger partial charge in [0.1, 0.15) is 12.4 Å². The molecule has 0 amide bonds. The Balaban J connectivity index is 1.97. The van der Waals surface area contributed by atoms with Gasteiger partial charge in [-0.2, -0.15) is 0 Å². The molecule has 0 spiro atoms. The van der Waals surface area contributed by atoms with Gasteiger partial charge in [0, 0.05) is 0 Å². The molecule has 3 N–H and O–H groups in total. The average Bonchev–Trinajstić information content (AvgIpc) is 2.34. The van der Waals surface area contributed by atoms with E-state index in [1.807, 2.05) is 30.3 Å². The van der Waals surface area contributed by atoms with Crippen LogP contribution in [0.4, 0.5) is 0 Å². The fourth-order valence-electron chi connectivity index (χ4n) is 1.60. The fraction of sp³-hybridized carbons (Fsp3) is 0.154. The summed E-state index contributed by atoms with van der Waals surface area (Å²) >= 11 is 4.70. The highest BCUT2D eigenvalue weighted by Gasteiger charge is 1.96. The van der Waals surface area contributed by atoms with Crippen molar-refractivity contribution in [3.8, 4) is 5.75 Å². The Morgan fingerprint density at radius 3 is 2.71 bits per heavy atom. The van der Waals surface area contributed by atoms with E-state index < -0.39 is 0 Å². The molecule has 88 valence electrons. The van der Waals surface area contributed by atoms with Gasteiger partial charge in [-0.1, -0.05) is 30.3 Å². The third-order valence-electron chi connectivity index (χ3n) is 2.39. The van der Waals surface area contributed by atoms with Crippen molar-refractivity contribution in [3.63, 3.8) is 0 Å². The van der Waals surface area contributed by atoms with Crippen molar-refractivity contribution in [2.45, 2.75) is 0 Å². The van der Waals surface area contributed by atoms with Crippen LogP contribution < -0.4 is 15.8 Å². The van der Waals surface area contributed by atoms with Crippen molar-refractivity contribution in [2.24, 2.45) is 5.73 Å². The molecular formula is C13H14N2OS. The van der Waals surface area contributed by atoms with Crippen LogP contribution in [0.25, 0.3) is 10.8 Å². The van der Waals surface area contributed by atoms with Gasteiger partial charge in [0.05, 0.1) is 6.54 Å². The lowest BCUT2D eigenvalue weighted by atomic mass is 10.1. The molecule has 0 fully saturated rings. The first-order chi connectivity index (χ1) is 8.25. The zero-order valence-corrected chi connectivity index (χ0v) is 10.2. The predicted molar refractivity (Wildman–Crippen MR) is 74.2 cm³/mol. The molecule has 0 aliphatic heterocycles. The third kappa shape index (κ3) is 3.32. The van der Waals surface area contributed by atoms with E-state index in [1.54, 1.807) is 0 Å². The molecule has 0 aromatic heterocycles. The van der Waals surface area contributed by atoms with Gasteiger partial charge in [-0.15, -0.1) is 0 Å². The third-order valence-corrected chi connectivity index (χ3v) is 2.54. The van der Waals surface area contributed by atoms with Gasteiger partial charge in [0.25, 0.3) is 0 Å². The molecule has 4 heteroatoms. The van der Waals surface area contributed by atoms with Crippen LogP contribution in [0.15, 0.2) is 42.5 Å². The molecule has 0 aliphatic rings. The number of ether oxygens (including phenoxy) is 1. The second-order valence-electron chi connectivity index (χ2n) is 3.65. The summed E-state index contributed by atoms with van der Waals surface area (Å²) in [7, 11) is 0. The molecule has 2 aromatic rings. The molecule has 0 saturated carbocycles. The first kappa shape index (κ1) is 11.7. The van der Waals surface area contributed by atoms with E-state index in [1.165, 1.54) is 10.8 Å². The summed E-state index contributed by atoms with van der Waals surface area (Å²) in [4.78, 5) is 0. The summed E-state index contributed by atoms with van der Waals surface area (Å²) < 4.78 is 5.59. The van der Waals surface area contributed by atoms with E-state index in [2.05, 4.69) is 17.4 Å². The lowest BCUT2D eigenvalue weighted by molar-refractivity contribution is 0.323. The van der Waals surface area contributed by atoms with Crippen molar-refractivity contribution >= 4 is 28.1 Å². The van der Waals surface area contributed by atoms with Crippen molar-refractivity contribution in [1.29, 1.82) is 0 Å². The second kappa shape index (κ2) is 5.50. The number of nitrogens with one attached hydrogen (secondary N) is 1. The van der Waals surface area contributed by atoms with Gasteiger partial charge >= 0.3 is 0 Å². The Labute approximate surface area is 106 Å². The number of hydrogen-bond donors (Lipinski definition) is 2. The zero-order valence-electron chi connectivity index (χ0n) is 9.35. The van der Waals surface area contributed by atoms with Gasteiger partial charge < -0.3 is 15.8 Å². The number of benzene rings is 2. The second-order valence-corrected chi connectivity index (χ2v) is 4.09. The molecular weight excluding hydrogens is 232 g/mol. The highest BCUT2D eigenvalue weighted by molar-refractivity contribution is 7.80. The number of hydrogen-bond acceptors (Lipinski definition) is 2. The molecule has 2 aromatic carbocycles.